The Kier molecular flexibility index (Phi) is 7.08. The minimum absolute atomic E-state index is 0.0753. The molecule has 0 aliphatic heterocycles. The number of rotatable bonds is 6. The van der Waals surface area contributed by atoms with E-state index in [9.17, 15) is 9.59 Å². The molecule has 0 fully saturated rings. The Balaban J connectivity index is 1.96. The summed E-state index contributed by atoms with van der Waals surface area (Å²) in [5.41, 5.74) is 3.63. The quantitative estimate of drug-likeness (QED) is 0.548. The number of nitrogens with one attached hydrogen (secondary N) is 1. The second kappa shape index (κ2) is 9.09. The van der Waals surface area contributed by atoms with Crippen molar-refractivity contribution in [1.29, 1.82) is 0 Å². The van der Waals surface area contributed by atoms with Crippen LogP contribution in [0.3, 0.4) is 0 Å². The molecule has 0 bridgehead atoms. The van der Waals surface area contributed by atoms with Crippen molar-refractivity contribution in [3.05, 3.63) is 59.2 Å². The Labute approximate surface area is 165 Å². The first-order valence-corrected chi connectivity index (χ1v) is 10.00. The first kappa shape index (κ1) is 21.0. The van der Waals surface area contributed by atoms with Crippen LogP contribution in [0.25, 0.3) is 0 Å². The highest BCUT2D eigenvalue weighted by Gasteiger charge is 2.15. The number of carbonyl (C=O) groups excluding carboxylic acids is 2. The van der Waals surface area contributed by atoms with E-state index in [4.69, 9.17) is 4.74 Å². The summed E-state index contributed by atoms with van der Waals surface area (Å²) < 4.78 is 4.95. The van der Waals surface area contributed by atoms with Crippen molar-refractivity contribution >= 4 is 29.3 Å². The highest BCUT2D eigenvalue weighted by molar-refractivity contribution is 8.00. The normalized spacial score (nSPS) is 11.1. The standard InChI is InChI=1S/C22H27NO3S/c1-6-26-21(25)16-8-11-18(12-9-16)23-20(24)14-27-19-13-17(22(3,4)5)10-7-15(19)2/h7-13H,6,14H2,1-5H3,(H,23,24). The van der Waals surface area contributed by atoms with Crippen LogP contribution in [0.1, 0.15) is 49.2 Å². The Bertz CT molecular complexity index is 807. The maximum atomic E-state index is 12.3. The Morgan fingerprint density at radius 2 is 1.74 bits per heavy atom. The highest BCUT2D eigenvalue weighted by atomic mass is 32.2. The average molecular weight is 386 g/mol. The van der Waals surface area contributed by atoms with Crippen molar-refractivity contribution in [2.45, 2.75) is 44.9 Å². The van der Waals surface area contributed by atoms with Crippen molar-refractivity contribution in [3.63, 3.8) is 0 Å². The third kappa shape index (κ3) is 6.14. The van der Waals surface area contributed by atoms with Gasteiger partial charge < -0.3 is 10.1 Å². The number of ether oxygens (including phenoxy) is 1. The maximum Gasteiger partial charge on any atom is 0.338 e. The van der Waals surface area contributed by atoms with Crippen LogP contribution in [0.4, 0.5) is 5.69 Å². The Hall–Kier alpha value is -2.27. The van der Waals surface area contributed by atoms with Crippen LogP contribution in [-0.2, 0) is 14.9 Å². The molecule has 0 aromatic heterocycles. The average Bonchev–Trinajstić information content (AvgIpc) is 2.61. The molecule has 27 heavy (non-hydrogen) atoms. The smallest absolute Gasteiger partial charge is 0.338 e. The molecule has 0 aliphatic rings. The molecule has 0 unspecified atom stereocenters. The minimum Gasteiger partial charge on any atom is -0.462 e. The largest absolute Gasteiger partial charge is 0.462 e. The van der Waals surface area contributed by atoms with Gasteiger partial charge in [0.25, 0.3) is 0 Å². The van der Waals surface area contributed by atoms with Gasteiger partial charge >= 0.3 is 5.97 Å². The van der Waals surface area contributed by atoms with Crippen molar-refractivity contribution in [1.82, 2.24) is 0 Å². The monoisotopic (exact) mass is 385 g/mol. The van der Waals surface area contributed by atoms with Crippen LogP contribution < -0.4 is 5.32 Å². The van der Waals surface area contributed by atoms with E-state index in [0.29, 0.717) is 23.6 Å². The van der Waals surface area contributed by atoms with Crippen LogP contribution >= 0.6 is 11.8 Å². The molecule has 1 N–H and O–H groups in total. The zero-order valence-electron chi connectivity index (χ0n) is 16.6. The lowest BCUT2D eigenvalue weighted by molar-refractivity contribution is -0.113. The number of hydrogen-bond donors (Lipinski definition) is 1. The lowest BCUT2D eigenvalue weighted by Crippen LogP contribution is -2.15. The molecule has 0 heterocycles. The van der Waals surface area contributed by atoms with Crippen LogP contribution in [0.2, 0.25) is 0 Å². The van der Waals surface area contributed by atoms with Gasteiger partial charge in [0.15, 0.2) is 0 Å². The highest BCUT2D eigenvalue weighted by Crippen LogP contribution is 2.29. The fourth-order valence-corrected chi connectivity index (χ4v) is 3.33. The molecule has 5 heteroatoms. The van der Waals surface area contributed by atoms with Crippen molar-refractivity contribution < 1.29 is 14.3 Å². The predicted octanol–water partition coefficient (Wildman–Crippen LogP) is 5.20. The summed E-state index contributed by atoms with van der Waals surface area (Å²) in [6.07, 6.45) is 0. The number of amides is 1. The molecule has 144 valence electrons. The van der Waals surface area contributed by atoms with Crippen molar-refractivity contribution in [2.75, 3.05) is 17.7 Å². The van der Waals surface area contributed by atoms with Gasteiger partial charge in [-0.2, -0.15) is 0 Å². The maximum absolute atomic E-state index is 12.3. The molecule has 2 aromatic carbocycles. The summed E-state index contributed by atoms with van der Waals surface area (Å²) in [7, 11) is 0. The fraction of sp³-hybridized carbons (Fsp3) is 0.364. The molecule has 2 rings (SSSR count). The summed E-state index contributed by atoms with van der Waals surface area (Å²) in [5.74, 6) is -0.113. The number of hydrogen-bond acceptors (Lipinski definition) is 4. The zero-order chi connectivity index (χ0) is 20.0. The summed E-state index contributed by atoms with van der Waals surface area (Å²) in [6, 6.07) is 13.1. The molecular weight excluding hydrogens is 358 g/mol. The summed E-state index contributed by atoms with van der Waals surface area (Å²) in [6.45, 7) is 10.7. The van der Waals surface area contributed by atoms with E-state index in [1.54, 1.807) is 31.2 Å². The van der Waals surface area contributed by atoms with Gasteiger partial charge in [-0.1, -0.05) is 32.9 Å². The van der Waals surface area contributed by atoms with Gasteiger partial charge in [0.1, 0.15) is 0 Å². The molecule has 0 spiro atoms. The van der Waals surface area contributed by atoms with Crippen LogP contribution in [0, 0.1) is 6.92 Å². The number of esters is 1. The number of carbonyl (C=O) groups is 2. The van der Waals surface area contributed by atoms with Gasteiger partial charge in [-0.05, 0) is 60.7 Å². The van der Waals surface area contributed by atoms with Gasteiger partial charge in [0.05, 0.1) is 17.9 Å². The SMILES string of the molecule is CCOC(=O)c1ccc(NC(=O)CSc2cc(C(C)(C)C)ccc2C)cc1. The van der Waals surface area contributed by atoms with Gasteiger partial charge in [0.2, 0.25) is 5.91 Å². The summed E-state index contributed by atoms with van der Waals surface area (Å²) in [5, 5.41) is 2.86. The van der Waals surface area contributed by atoms with Gasteiger partial charge in [-0.15, -0.1) is 11.8 Å². The first-order valence-electron chi connectivity index (χ1n) is 9.01. The minimum atomic E-state index is -0.361. The second-order valence-corrected chi connectivity index (χ2v) is 8.38. The Morgan fingerprint density at radius 3 is 2.33 bits per heavy atom. The summed E-state index contributed by atoms with van der Waals surface area (Å²) >= 11 is 1.53. The van der Waals surface area contributed by atoms with Crippen molar-refractivity contribution in [3.8, 4) is 0 Å². The molecular formula is C22H27NO3S. The second-order valence-electron chi connectivity index (χ2n) is 7.36. The first-order chi connectivity index (χ1) is 12.7. The number of aryl methyl sites for hydroxylation is 1. The Morgan fingerprint density at radius 1 is 1.07 bits per heavy atom. The molecule has 0 saturated heterocycles. The van der Waals surface area contributed by atoms with E-state index in [0.717, 1.165) is 4.90 Å². The van der Waals surface area contributed by atoms with Crippen molar-refractivity contribution in [2.24, 2.45) is 0 Å². The lowest BCUT2D eigenvalue weighted by atomic mass is 9.87. The molecule has 0 atom stereocenters. The van der Waals surface area contributed by atoms with Gasteiger partial charge in [-0.25, -0.2) is 4.79 Å². The predicted molar refractivity (Wildman–Crippen MR) is 112 cm³/mol. The molecule has 4 nitrogen and oxygen atoms in total. The van der Waals surface area contributed by atoms with E-state index in [1.165, 1.54) is 22.9 Å². The topological polar surface area (TPSA) is 55.4 Å². The van der Waals surface area contributed by atoms with E-state index in [-0.39, 0.29) is 17.3 Å². The molecule has 2 aromatic rings. The summed E-state index contributed by atoms with van der Waals surface area (Å²) in [4.78, 5) is 25.1. The molecule has 0 radical (unpaired) electrons. The zero-order valence-corrected chi connectivity index (χ0v) is 17.4. The number of thioether (sulfide) groups is 1. The molecule has 0 aliphatic carbocycles. The van der Waals surface area contributed by atoms with Gasteiger partial charge in [-0.3, -0.25) is 4.79 Å². The number of anilines is 1. The lowest BCUT2D eigenvalue weighted by Gasteiger charge is -2.20. The van der Waals surface area contributed by atoms with E-state index in [2.05, 4.69) is 51.2 Å². The molecule has 1 amide bonds. The third-order valence-corrected chi connectivity index (χ3v) is 5.25. The van der Waals surface area contributed by atoms with E-state index < -0.39 is 0 Å². The van der Waals surface area contributed by atoms with Crippen LogP contribution in [-0.4, -0.2) is 24.2 Å². The van der Waals surface area contributed by atoms with E-state index in [1.807, 2.05) is 0 Å². The molecule has 0 saturated carbocycles. The van der Waals surface area contributed by atoms with Crippen LogP contribution in [0.15, 0.2) is 47.4 Å². The number of benzene rings is 2. The third-order valence-electron chi connectivity index (χ3n) is 4.09. The van der Waals surface area contributed by atoms with Gasteiger partial charge in [0, 0.05) is 10.6 Å². The fourth-order valence-electron chi connectivity index (χ4n) is 2.47. The van der Waals surface area contributed by atoms with E-state index >= 15 is 0 Å². The van der Waals surface area contributed by atoms with Crippen LogP contribution in [0.5, 0.6) is 0 Å².